The van der Waals surface area contributed by atoms with Gasteiger partial charge in [-0.25, -0.2) is 9.59 Å². The van der Waals surface area contributed by atoms with Crippen molar-refractivity contribution in [3.63, 3.8) is 0 Å². The van der Waals surface area contributed by atoms with E-state index >= 15 is 0 Å². The fraction of sp³-hybridized carbons (Fsp3) is 0.548. The second-order valence-electron chi connectivity index (χ2n) is 16.3. The number of aryl methyl sites for hydroxylation is 1. The van der Waals surface area contributed by atoms with Crippen LogP contribution in [0.2, 0.25) is 0 Å². The SMILES string of the molecule is C=COC(=O)Oc1cc2c(cc1OC)[C@@]1(CS[C@@H]3C4C(OC(C)=O)C(C)=C5OCOC5C4C(COC1=O)N1C3[C@H]3c4c(cc(C)c(OC)c4O)C[C@@H]([C@@H]1O)N3C)NCC2. The molecule has 8 aliphatic rings. The standard InChI is InChI=1S/C42H49N3O13S/c1-8-53-41(50)58-27-13-21-9-10-43-42(23(21)14-26(27)51-6)16-59-38-30-29(37-36(55-17-56-37)19(3)35(30)57-20(4)46)25(15-54-40(42)49)45-32(38)31-28-22(12-24(39(45)48)44(31)5)11-18(2)34(52-7)33(28)47/h8,11,13-14,24-25,29-32,35,37-39,43,47-48H,1,9-10,12,15-17H2,2-7H3/t24-,25?,29?,30?,31+,32?,35?,37?,38+,39-,42+/m0/s1. The van der Waals surface area contributed by atoms with Crippen LogP contribution in [0.15, 0.2) is 42.4 Å². The van der Waals surface area contributed by atoms with Crippen LogP contribution in [-0.4, -0.2) is 127 Å². The number of ether oxygens (including phenoxy) is 8. The fourth-order valence-corrected chi connectivity index (χ4v) is 13.1. The number of hydrogen-bond acceptors (Lipinski definition) is 17. The van der Waals surface area contributed by atoms with E-state index < -0.39 is 77.3 Å². The van der Waals surface area contributed by atoms with Crippen molar-refractivity contribution in [1.29, 1.82) is 0 Å². The number of rotatable bonds is 5. The number of phenolic OH excluding ortho intramolecular Hbond substituents is 1. The smallest absolute Gasteiger partial charge is 0.504 e. The zero-order valence-electron chi connectivity index (χ0n) is 33.7. The number of likely N-dealkylation sites (N-methyl/N-ethyl adjacent to an activating group) is 1. The number of aliphatic hydroxyl groups is 1. The quantitative estimate of drug-likeness (QED) is 0.173. The van der Waals surface area contributed by atoms with Crippen LogP contribution in [-0.2, 0) is 51.7 Å². The van der Waals surface area contributed by atoms with E-state index in [1.165, 1.54) is 32.9 Å². The summed E-state index contributed by atoms with van der Waals surface area (Å²) in [4.78, 5) is 44.5. The lowest BCUT2D eigenvalue weighted by Gasteiger charge is -2.66. The lowest BCUT2D eigenvalue weighted by atomic mass is 9.62. The van der Waals surface area contributed by atoms with Gasteiger partial charge in [0.15, 0.2) is 35.3 Å². The van der Waals surface area contributed by atoms with E-state index in [1.54, 1.807) is 12.1 Å². The van der Waals surface area contributed by atoms with Crippen molar-refractivity contribution < 1.29 is 62.5 Å². The molecule has 2 aromatic carbocycles. The van der Waals surface area contributed by atoms with Crippen molar-refractivity contribution in [3.8, 4) is 23.0 Å². The second kappa shape index (κ2) is 14.9. The Balaban J connectivity index is 1.24. The highest BCUT2D eigenvalue weighted by molar-refractivity contribution is 8.00. The summed E-state index contributed by atoms with van der Waals surface area (Å²) >= 11 is 1.52. The summed E-state index contributed by atoms with van der Waals surface area (Å²) in [6, 6.07) is 3.38. The molecule has 1 spiro atoms. The lowest BCUT2D eigenvalue weighted by molar-refractivity contribution is -0.224. The first-order valence-electron chi connectivity index (χ1n) is 19.8. The molecule has 7 aliphatic heterocycles. The third kappa shape index (κ3) is 5.94. The number of phenols is 1. The van der Waals surface area contributed by atoms with Gasteiger partial charge in [0.25, 0.3) is 0 Å². The predicted molar refractivity (Wildman–Crippen MR) is 210 cm³/mol. The molecule has 3 N–H and O–H groups in total. The number of carbonyl (C=O) groups excluding carboxylic acids is 3. The van der Waals surface area contributed by atoms with Gasteiger partial charge < -0.3 is 48.1 Å². The third-order valence-electron chi connectivity index (χ3n) is 13.6. The summed E-state index contributed by atoms with van der Waals surface area (Å²) in [7, 11) is 4.94. The molecule has 5 saturated heterocycles. The Morgan fingerprint density at radius 1 is 1.08 bits per heavy atom. The van der Waals surface area contributed by atoms with E-state index in [9.17, 15) is 24.6 Å². The molecule has 10 rings (SSSR count). The fourth-order valence-electron chi connectivity index (χ4n) is 11.3. The number of nitrogens with zero attached hydrogens (tertiary/aromatic N) is 2. The van der Waals surface area contributed by atoms with Crippen molar-refractivity contribution in [2.45, 2.75) is 87.0 Å². The van der Waals surface area contributed by atoms with E-state index in [-0.39, 0.29) is 42.4 Å². The van der Waals surface area contributed by atoms with Crippen LogP contribution >= 0.6 is 11.8 Å². The van der Waals surface area contributed by atoms with Gasteiger partial charge in [0, 0.05) is 53.5 Å². The molecule has 4 bridgehead atoms. The van der Waals surface area contributed by atoms with E-state index in [2.05, 4.69) is 21.7 Å². The van der Waals surface area contributed by atoms with Crippen molar-refractivity contribution in [3.05, 3.63) is 70.2 Å². The first-order valence-corrected chi connectivity index (χ1v) is 20.8. The Hall–Kier alpha value is -4.52. The normalized spacial score (nSPS) is 34.5. The van der Waals surface area contributed by atoms with Crippen LogP contribution in [0.25, 0.3) is 0 Å². The van der Waals surface area contributed by atoms with Gasteiger partial charge in [-0.1, -0.05) is 12.6 Å². The molecule has 316 valence electrons. The molecule has 5 fully saturated rings. The lowest BCUT2D eigenvalue weighted by Crippen LogP contribution is -2.78. The van der Waals surface area contributed by atoms with Crippen molar-refractivity contribution in [2.24, 2.45) is 11.8 Å². The number of thioether (sulfide) groups is 1. The number of aliphatic hydroxyl groups excluding tert-OH is 1. The molecule has 0 aromatic heterocycles. The van der Waals surface area contributed by atoms with Gasteiger partial charge >= 0.3 is 18.1 Å². The Labute approximate surface area is 345 Å². The second-order valence-corrected chi connectivity index (χ2v) is 17.4. The summed E-state index contributed by atoms with van der Waals surface area (Å²) in [6.45, 7) is 8.84. The molecular weight excluding hydrogens is 787 g/mol. The van der Waals surface area contributed by atoms with Crippen molar-refractivity contribution in [2.75, 3.05) is 47.0 Å². The number of fused-ring (bicyclic) bond motifs is 9. The van der Waals surface area contributed by atoms with Gasteiger partial charge in [0.1, 0.15) is 30.8 Å². The Morgan fingerprint density at radius 2 is 1.88 bits per heavy atom. The first kappa shape index (κ1) is 39.9. The highest BCUT2D eigenvalue weighted by Gasteiger charge is 2.67. The number of piperazine rings is 1. The van der Waals surface area contributed by atoms with Gasteiger partial charge in [-0.3, -0.25) is 19.9 Å². The topological polar surface area (TPSA) is 184 Å². The molecular formula is C42H49N3O13S. The average molecular weight is 836 g/mol. The maximum absolute atomic E-state index is 14.9. The van der Waals surface area contributed by atoms with Crippen LogP contribution in [0.5, 0.6) is 23.0 Å². The van der Waals surface area contributed by atoms with E-state index in [0.29, 0.717) is 42.0 Å². The predicted octanol–water partition coefficient (Wildman–Crippen LogP) is 3.18. The number of methoxy groups -OCH3 is 2. The van der Waals surface area contributed by atoms with Gasteiger partial charge in [-0.2, -0.15) is 11.8 Å². The maximum Gasteiger partial charge on any atom is 0.518 e. The number of benzene rings is 2. The summed E-state index contributed by atoms with van der Waals surface area (Å²) < 4.78 is 47.0. The monoisotopic (exact) mass is 835 g/mol. The molecule has 59 heavy (non-hydrogen) atoms. The largest absolute Gasteiger partial charge is 0.518 e. The van der Waals surface area contributed by atoms with Gasteiger partial charge in [0.05, 0.1) is 38.6 Å². The zero-order valence-corrected chi connectivity index (χ0v) is 34.5. The number of piperidine rings is 1. The minimum Gasteiger partial charge on any atom is -0.504 e. The Kier molecular flexibility index (Phi) is 10.1. The van der Waals surface area contributed by atoms with Crippen molar-refractivity contribution >= 4 is 29.9 Å². The third-order valence-corrected chi connectivity index (χ3v) is 15.1. The number of aromatic hydroxyl groups is 1. The van der Waals surface area contributed by atoms with Crippen molar-refractivity contribution in [1.82, 2.24) is 15.1 Å². The molecule has 6 unspecified atom stereocenters. The molecule has 11 atom stereocenters. The number of esters is 2. The number of nitrogens with one attached hydrogen (secondary N) is 1. The summed E-state index contributed by atoms with van der Waals surface area (Å²) in [5, 5.41) is 27.8. The van der Waals surface area contributed by atoms with E-state index in [1.807, 2.05) is 27.0 Å². The van der Waals surface area contributed by atoms with E-state index in [4.69, 9.17) is 37.9 Å². The molecule has 2 aromatic rings. The van der Waals surface area contributed by atoms with E-state index in [0.717, 1.165) is 28.5 Å². The first-order chi connectivity index (χ1) is 28.3. The number of carbonyl (C=O) groups is 3. The van der Waals surface area contributed by atoms with Crippen LogP contribution in [0.3, 0.4) is 0 Å². The Morgan fingerprint density at radius 3 is 2.61 bits per heavy atom. The zero-order chi connectivity index (χ0) is 41.7. The molecule has 1 aliphatic carbocycles. The summed E-state index contributed by atoms with van der Waals surface area (Å²) in [5.74, 6) is -0.399. The minimum atomic E-state index is -1.41. The maximum atomic E-state index is 14.9. The molecule has 0 radical (unpaired) electrons. The minimum absolute atomic E-state index is 0.000688. The molecule has 7 heterocycles. The van der Waals surface area contributed by atoms with Crippen LogP contribution in [0.1, 0.15) is 47.7 Å². The number of hydrogen-bond donors (Lipinski definition) is 3. The molecule has 0 saturated carbocycles. The molecule has 0 amide bonds. The van der Waals surface area contributed by atoms with Crippen LogP contribution < -0.4 is 19.5 Å². The van der Waals surface area contributed by atoms with Gasteiger partial charge in [-0.05, 0) is 68.1 Å². The highest BCUT2D eigenvalue weighted by Crippen LogP contribution is 2.60. The average Bonchev–Trinajstić information content (AvgIpc) is 3.70. The Bertz CT molecular complexity index is 2150. The molecule has 16 nitrogen and oxygen atoms in total. The van der Waals surface area contributed by atoms with Gasteiger partial charge in [-0.15, -0.1) is 0 Å². The van der Waals surface area contributed by atoms with Gasteiger partial charge in [0.2, 0.25) is 0 Å². The van der Waals surface area contributed by atoms with Crippen LogP contribution in [0, 0.1) is 18.8 Å². The summed E-state index contributed by atoms with van der Waals surface area (Å²) in [6.07, 6.45) is -1.40. The van der Waals surface area contributed by atoms with Crippen LogP contribution in [0.4, 0.5) is 4.79 Å². The highest BCUT2D eigenvalue weighted by atomic mass is 32.2. The molecule has 17 heteroatoms. The summed E-state index contributed by atoms with van der Waals surface area (Å²) in [5.41, 5.74) is 3.08.